The molecule has 2 rings (SSSR count). The van der Waals surface area contributed by atoms with Crippen LogP contribution in [-0.4, -0.2) is 17.4 Å². The highest BCUT2D eigenvalue weighted by atomic mass is 16.2. The van der Waals surface area contributed by atoms with Gasteiger partial charge in [-0.1, -0.05) is 32.8 Å². The van der Waals surface area contributed by atoms with Gasteiger partial charge in [0.1, 0.15) is 0 Å². The number of rotatable bonds is 5. The lowest BCUT2D eigenvalue weighted by Gasteiger charge is -2.32. The molecule has 0 saturated heterocycles. The van der Waals surface area contributed by atoms with E-state index in [2.05, 4.69) is 19.9 Å². The maximum atomic E-state index is 12.6. The minimum atomic E-state index is 0.199. The molecule has 1 amide bonds. The summed E-state index contributed by atoms with van der Waals surface area (Å²) in [6, 6.07) is 6.05. The molecule has 0 radical (unpaired) electrons. The minimum Gasteiger partial charge on any atom is -0.399 e. The summed E-state index contributed by atoms with van der Waals surface area (Å²) in [6.45, 7) is 5.88. The van der Waals surface area contributed by atoms with E-state index in [4.69, 9.17) is 5.73 Å². The van der Waals surface area contributed by atoms with Gasteiger partial charge in [-0.3, -0.25) is 4.79 Å². The first-order chi connectivity index (χ1) is 9.65. The van der Waals surface area contributed by atoms with E-state index in [1.54, 1.807) is 0 Å². The van der Waals surface area contributed by atoms with E-state index in [1.165, 1.54) is 11.1 Å². The summed E-state index contributed by atoms with van der Waals surface area (Å²) in [7, 11) is 0. The predicted molar refractivity (Wildman–Crippen MR) is 83.3 cm³/mol. The van der Waals surface area contributed by atoms with Crippen molar-refractivity contribution >= 4 is 11.6 Å². The number of nitrogens with two attached hydrogens (primary N) is 1. The number of benzene rings is 1. The third kappa shape index (κ3) is 3.33. The number of carbonyl (C=O) groups is 1. The second-order valence-electron chi connectivity index (χ2n) is 5.79. The average molecular weight is 274 g/mol. The van der Waals surface area contributed by atoms with Crippen molar-refractivity contribution in [1.29, 1.82) is 0 Å². The molecule has 1 aliphatic heterocycles. The van der Waals surface area contributed by atoms with Crippen molar-refractivity contribution in [3.05, 3.63) is 29.3 Å². The van der Waals surface area contributed by atoms with E-state index in [0.29, 0.717) is 5.91 Å². The van der Waals surface area contributed by atoms with Crippen LogP contribution in [0.1, 0.15) is 50.7 Å². The molecular formula is C17H26N2O. The van der Waals surface area contributed by atoms with E-state index >= 15 is 0 Å². The fraction of sp³-hybridized carbons (Fsp3) is 0.588. The van der Waals surface area contributed by atoms with Crippen molar-refractivity contribution in [3.63, 3.8) is 0 Å². The van der Waals surface area contributed by atoms with Crippen LogP contribution < -0.4 is 5.73 Å². The summed E-state index contributed by atoms with van der Waals surface area (Å²) in [5.41, 5.74) is 9.19. The molecule has 0 fully saturated rings. The number of nitrogen functional groups attached to an aromatic ring is 1. The molecule has 3 nitrogen and oxygen atoms in total. The first-order valence-corrected chi connectivity index (χ1v) is 7.81. The third-order valence-corrected chi connectivity index (χ3v) is 4.30. The quantitative estimate of drug-likeness (QED) is 0.837. The molecule has 1 atom stereocenters. The van der Waals surface area contributed by atoms with Crippen molar-refractivity contribution in [3.8, 4) is 0 Å². The standard InChI is InChI=1S/C17H26N2O/c1-3-5-6-13(4-2)17(20)19-10-9-14-11-16(18)8-7-15(14)12-19/h7-8,11,13H,3-6,9-10,12,18H2,1-2H3. The van der Waals surface area contributed by atoms with Crippen molar-refractivity contribution in [1.82, 2.24) is 4.90 Å². The minimum absolute atomic E-state index is 0.199. The van der Waals surface area contributed by atoms with Crippen molar-refractivity contribution in [2.75, 3.05) is 12.3 Å². The Balaban J connectivity index is 2.04. The highest BCUT2D eigenvalue weighted by Crippen LogP contribution is 2.24. The van der Waals surface area contributed by atoms with Crippen LogP contribution in [0, 0.1) is 5.92 Å². The number of hydrogen-bond acceptors (Lipinski definition) is 2. The van der Waals surface area contributed by atoms with Gasteiger partial charge in [0.05, 0.1) is 0 Å². The lowest BCUT2D eigenvalue weighted by molar-refractivity contribution is -0.136. The largest absolute Gasteiger partial charge is 0.399 e. The zero-order valence-electron chi connectivity index (χ0n) is 12.7. The zero-order valence-corrected chi connectivity index (χ0v) is 12.7. The van der Waals surface area contributed by atoms with Gasteiger partial charge < -0.3 is 10.6 Å². The molecule has 1 aromatic rings. The molecular weight excluding hydrogens is 248 g/mol. The first kappa shape index (κ1) is 14.9. The van der Waals surface area contributed by atoms with E-state index in [0.717, 1.165) is 50.9 Å². The third-order valence-electron chi connectivity index (χ3n) is 4.30. The molecule has 20 heavy (non-hydrogen) atoms. The maximum absolute atomic E-state index is 12.6. The lowest BCUT2D eigenvalue weighted by Crippen LogP contribution is -2.39. The normalized spacial score (nSPS) is 15.8. The summed E-state index contributed by atoms with van der Waals surface area (Å²) in [5, 5.41) is 0. The first-order valence-electron chi connectivity index (χ1n) is 7.81. The number of fused-ring (bicyclic) bond motifs is 1. The fourth-order valence-corrected chi connectivity index (χ4v) is 2.97. The highest BCUT2D eigenvalue weighted by Gasteiger charge is 2.25. The van der Waals surface area contributed by atoms with Gasteiger partial charge in [-0.25, -0.2) is 0 Å². The van der Waals surface area contributed by atoms with Crippen LogP contribution in [-0.2, 0) is 17.8 Å². The van der Waals surface area contributed by atoms with E-state index in [9.17, 15) is 4.79 Å². The Morgan fingerprint density at radius 1 is 1.35 bits per heavy atom. The molecule has 1 aromatic carbocycles. The zero-order chi connectivity index (χ0) is 14.5. The van der Waals surface area contributed by atoms with Gasteiger partial charge in [-0.2, -0.15) is 0 Å². The molecule has 0 saturated carbocycles. The summed E-state index contributed by atoms with van der Waals surface area (Å²) >= 11 is 0. The van der Waals surface area contributed by atoms with Crippen LogP contribution in [0.5, 0.6) is 0 Å². The molecule has 0 aromatic heterocycles. The molecule has 3 heteroatoms. The van der Waals surface area contributed by atoms with Crippen molar-refractivity contribution in [2.24, 2.45) is 5.92 Å². The smallest absolute Gasteiger partial charge is 0.225 e. The highest BCUT2D eigenvalue weighted by molar-refractivity contribution is 5.79. The Hall–Kier alpha value is -1.51. The second kappa shape index (κ2) is 6.78. The van der Waals surface area contributed by atoms with Crippen LogP contribution >= 0.6 is 0 Å². The van der Waals surface area contributed by atoms with Gasteiger partial charge in [0, 0.05) is 24.7 Å². The maximum Gasteiger partial charge on any atom is 0.225 e. The Bertz CT molecular complexity index is 470. The average Bonchev–Trinajstić information content (AvgIpc) is 2.47. The fourth-order valence-electron chi connectivity index (χ4n) is 2.97. The molecule has 2 N–H and O–H groups in total. The van der Waals surface area contributed by atoms with Gasteiger partial charge in [-0.15, -0.1) is 0 Å². The Morgan fingerprint density at radius 3 is 2.85 bits per heavy atom. The van der Waals surface area contributed by atoms with Crippen LogP contribution in [0.4, 0.5) is 5.69 Å². The number of anilines is 1. The summed E-state index contributed by atoms with van der Waals surface area (Å²) in [5.74, 6) is 0.536. The number of hydrogen-bond donors (Lipinski definition) is 1. The Labute approximate surface area is 122 Å². The molecule has 1 unspecified atom stereocenters. The van der Waals surface area contributed by atoms with E-state index in [-0.39, 0.29) is 5.92 Å². The molecule has 0 spiro atoms. The SMILES string of the molecule is CCCCC(CC)C(=O)N1CCc2cc(N)ccc2C1. The van der Waals surface area contributed by atoms with Gasteiger partial charge in [0.15, 0.2) is 0 Å². The predicted octanol–water partition coefficient (Wildman–Crippen LogP) is 3.37. The van der Waals surface area contributed by atoms with Gasteiger partial charge in [0.2, 0.25) is 5.91 Å². The van der Waals surface area contributed by atoms with Crippen molar-refractivity contribution in [2.45, 2.75) is 52.5 Å². The van der Waals surface area contributed by atoms with Crippen LogP contribution in [0.15, 0.2) is 18.2 Å². The van der Waals surface area contributed by atoms with Gasteiger partial charge in [-0.05, 0) is 42.5 Å². The van der Waals surface area contributed by atoms with Crippen LogP contribution in [0.2, 0.25) is 0 Å². The van der Waals surface area contributed by atoms with E-state index in [1.807, 2.05) is 17.0 Å². The molecule has 110 valence electrons. The molecule has 1 heterocycles. The topological polar surface area (TPSA) is 46.3 Å². The molecule has 0 bridgehead atoms. The number of unbranched alkanes of at least 4 members (excludes halogenated alkanes) is 1. The van der Waals surface area contributed by atoms with Gasteiger partial charge in [0.25, 0.3) is 0 Å². The van der Waals surface area contributed by atoms with Crippen LogP contribution in [0.25, 0.3) is 0 Å². The second-order valence-corrected chi connectivity index (χ2v) is 5.79. The number of carbonyl (C=O) groups excluding carboxylic acids is 1. The Kier molecular flexibility index (Phi) is 5.05. The monoisotopic (exact) mass is 274 g/mol. The Morgan fingerprint density at radius 2 is 2.15 bits per heavy atom. The lowest BCUT2D eigenvalue weighted by atomic mass is 9.94. The summed E-state index contributed by atoms with van der Waals surface area (Å²) < 4.78 is 0. The van der Waals surface area contributed by atoms with Gasteiger partial charge >= 0.3 is 0 Å². The van der Waals surface area contributed by atoms with Crippen LogP contribution in [0.3, 0.4) is 0 Å². The molecule has 0 aliphatic carbocycles. The van der Waals surface area contributed by atoms with E-state index < -0.39 is 0 Å². The number of amides is 1. The summed E-state index contributed by atoms with van der Waals surface area (Å²) in [4.78, 5) is 14.6. The molecule has 1 aliphatic rings. The summed E-state index contributed by atoms with van der Waals surface area (Å²) in [6.07, 6.45) is 5.20. The number of nitrogens with zero attached hydrogens (tertiary/aromatic N) is 1. The van der Waals surface area contributed by atoms with Crippen molar-refractivity contribution < 1.29 is 4.79 Å².